The summed E-state index contributed by atoms with van der Waals surface area (Å²) in [6.07, 6.45) is 8.05. The number of rotatable bonds is 8. The second kappa shape index (κ2) is 7.56. The summed E-state index contributed by atoms with van der Waals surface area (Å²) in [5.41, 5.74) is 2.27. The molecular formula is C17H20N4O3. The molecule has 2 aromatic heterocycles. The van der Waals surface area contributed by atoms with Crippen LogP contribution in [-0.4, -0.2) is 45.4 Å². The van der Waals surface area contributed by atoms with Crippen LogP contribution in [0.2, 0.25) is 0 Å². The van der Waals surface area contributed by atoms with Gasteiger partial charge in [-0.3, -0.25) is 0 Å². The number of aromatic nitrogens is 3. The zero-order chi connectivity index (χ0) is 17.7. The second-order valence-corrected chi connectivity index (χ2v) is 5.13. The first kappa shape index (κ1) is 17.4. The van der Waals surface area contributed by atoms with Crippen LogP contribution in [0.5, 0.6) is 0 Å². The lowest BCUT2D eigenvalue weighted by molar-refractivity contribution is 0.0696. The van der Waals surface area contributed by atoms with Gasteiger partial charge in [-0.1, -0.05) is 31.4 Å². The van der Waals surface area contributed by atoms with Gasteiger partial charge in [0, 0.05) is 13.3 Å². The van der Waals surface area contributed by atoms with E-state index < -0.39 is 5.97 Å². The third kappa shape index (κ3) is 3.36. The minimum atomic E-state index is -1.00. The van der Waals surface area contributed by atoms with Crippen LogP contribution in [0.3, 0.4) is 0 Å². The molecule has 0 radical (unpaired) electrons. The van der Waals surface area contributed by atoms with E-state index in [1.807, 2.05) is 6.08 Å². The molecule has 7 heteroatoms. The van der Waals surface area contributed by atoms with Crippen molar-refractivity contribution >= 4 is 17.3 Å². The molecular weight excluding hydrogens is 308 g/mol. The fraction of sp³-hybridized carbons (Fsp3) is 0.235. The van der Waals surface area contributed by atoms with Crippen LogP contribution in [0, 0.1) is 6.92 Å². The molecule has 2 heterocycles. The average Bonchev–Trinajstić information content (AvgIpc) is 2.90. The minimum absolute atomic E-state index is 0.187. The summed E-state index contributed by atoms with van der Waals surface area (Å²) in [6.45, 7) is 9.61. The maximum absolute atomic E-state index is 11.3. The van der Waals surface area contributed by atoms with E-state index in [1.54, 1.807) is 26.2 Å². The molecule has 0 aliphatic rings. The van der Waals surface area contributed by atoms with Crippen molar-refractivity contribution in [1.82, 2.24) is 14.6 Å². The number of aryl methyl sites for hydroxylation is 1. The zero-order valence-electron chi connectivity index (χ0n) is 13.7. The summed E-state index contributed by atoms with van der Waals surface area (Å²) in [5.74, 6) is -0.482. The normalized spacial score (nSPS) is 12.8. The fourth-order valence-electron chi connectivity index (χ4n) is 2.50. The fourth-order valence-corrected chi connectivity index (χ4v) is 2.50. The summed E-state index contributed by atoms with van der Waals surface area (Å²) in [6, 6.07) is -0.216. The molecule has 2 N–H and O–H groups in total. The van der Waals surface area contributed by atoms with Crippen molar-refractivity contribution in [3.05, 3.63) is 60.6 Å². The summed E-state index contributed by atoms with van der Waals surface area (Å²) in [5, 5.41) is 16.6. The summed E-state index contributed by atoms with van der Waals surface area (Å²) in [7, 11) is 1.60. The van der Waals surface area contributed by atoms with Crippen LogP contribution in [0.1, 0.15) is 15.9 Å². The lowest BCUT2D eigenvalue weighted by Gasteiger charge is -2.20. The number of ether oxygens (including phenoxy) is 1. The number of aromatic carboxylic acids is 1. The van der Waals surface area contributed by atoms with Crippen LogP contribution in [0.4, 0.5) is 5.82 Å². The van der Waals surface area contributed by atoms with Gasteiger partial charge in [0.2, 0.25) is 0 Å². The second-order valence-electron chi connectivity index (χ2n) is 5.13. The molecule has 0 aliphatic carbocycles. The molecule has 24 heavy (non-hydrogen) atoms. The number of carboxylic acids is 1. The first-order chi connectivity index (χ1) is 11.5. The van der Waals surface area contributed by atoms with E-state index in [2.05, 4.69) is 28.6 Å². The lowest BCUT2D eigenvalue weighted by Crippen LogP contribution is -2.27. The highest BCUT2D eigenvalue weighted by atomic mass is 16.5. The number of fused-ring (bicyclic) bond motifs is 1. The van der Waals surface area contributed by atoms with Crippen molar-refractivity contribution in [1.29, 1.82) is 0 Å². The Kier molecular flexibility index (Phi) is 5.49. The minimum Gasteiger partial charge on any atom is -0.478 e. The Labute approximate surface area is 140 Å². The molecule has 7 nitrogen and oxygen atoms in total. The molecule has 0 fully saturated rings. The van der Waals surface area contributed by atoms with Crippen LogP contribution in [0.15, 0.2) is 49.5 Å². The summed E-state index contributed by atoms with van der Waals surface area (Å²) < 4.78 is 6.76. The van der Waals surface area contributed by atoms with Crippen molar-refractivity contribution in [3.8, 4) is 0 Å². The number of carbonyl (C=O) groups is 1. The number of nitrogens with one attached hydrogen (secondary N) is 1. The Balaban J connectivity index is 2.50. The Bertz CT molecular complexity index is 808. The van der Waals surface area contributed by atoms with Gasteiger partial charge in [0.1, 0.15) is 11.8 Å². The van der Waals surface area contributed by atoms with Gasteiger partial charge in [-0.05, 0) is 18.1 Å². The topological polar surface area (TPSA) is 88.8 Å². The van der Waals surface area contributed by atoms with Crippen molar-refractivity contribution < 1.29 is 14.6 Å². The molecule has 0 unspecified atom stereocenters. The van der Waals surface area contributed by atoms with Gasteiger partial charge in [-0.25, -0.2) is 14.3 Å². The molecule has 2 aromatic rings. The molecule has 0 bridgehead atoms. The van der Waals surface area contributed by atoms with Crippen molar-refractivity contribution in [2.75, 3.05) is 19.0 Å². The Morgan fingerprint density at radius 1 is 1.54 bits per heavy atom. The third-order valence-electron chi connectivity index (χ3n) is 3.65. The number of hydrogen-bond donors (Lipinski definition) is 2. The molecule has 0 spiro atoms. The van der Waals surface area contributed by atoms with Crippen LogP contribution in [-0.2, 0) is 4.74 Å². The smallest absolute Gasteiger partial charge is 0.337 e. The Morgan fingerprint density at radius 3 is 2.88 bits per heavy atom. The molecule has 0 saturated heterocycles. The van der Waals surface area contributed by atoms with E-state index in [1.165, 1.54) is 17.0 Å². The molecule has 0 amide bonds. The maximum Gasteiger partial charge on any atom is 0.337 e. The van der Waals surface area contributed by atoms with E-state index in [0.717, 1.165) is 5.57 Å². The summed E-state index contributed by atoms with van der Waals surface area (Å²) >= 11 is 0. The van der Waals surface area contributed by atoms with E-state index in [-0.39, 0.29) is 11.6 Å². The number of methoxy groups -OCH3 is 1. The van der Waals surface area contributed by atoms with Crippen molar-refractivity contribution in [2.24, 2.45) is 0 Å². The van der Waals surface area contributed by atoms with Crippen LogP contribution < -0.4 is 5.32 Å². The number of hydrogen-bond acceptors (Lipinski definition) is 5. The predicted molar refractivity (Wildman–Crippen MR) is 92.4 cm³/mol. The largest absolute Gasteiger partial charge is 0.478 e. The van der Waals surface area contributed by atoms with Gasteiger partial charge >= 0.3 is 5.97 Å². The third-order valence-corrected chi connectivity index (χ3v) is 3.65. The molecule has 2 rings (SSSR count). The number of nitrogens with zero attached hydrogens (tertiary/aromatic N) is 3. The first-order valence-corrected chi connectivity index (χ1v) is 7.30. The highest BCUT2D eigenvalue weighted by Gasteiger charge is 2.19. The van der Waals surface area contributed by atoms with Gasteiger partial charge in [0.15, 0.2) is 5.82 Å². The van der Waals surface area contributed by atoms with E-state index in [4.69, 9.17) is 4.74 Å². The highest BCUT2D eigenvalue weighted by Crippen LogP contribution is 2.24. The summed E-state index contributed by atoms with van der Waals surface area (Å²) in [4.78, 5) is 15.6. The van der Waals surface area contributed by atoms with Gasteiger partial charge in [-0.15, -0.1) is 0 Å². The van der Waals surface area contributed by atoms with Crippen molar-refractivity contribution in [3.63, 3.8) is 0 Å². The van der Waals surface area contributed by atoms with Crippen molar-refractivity contribution in [2.45, 2.75) is 13.0 Å². The average molecular weight is 328 g/mol. The zero-order valence-corrected chi connectivity index (χ0v) is 13.7. The highest BCUT2D eigenvalue weighted by molar-refractivity contribution is 5.94. The lowest BCUT2D eigenvalue weighted by atomic mass is 10.1. The molecule has 0 saturated carbocycles. The number of anilines is 1. The maximum atomic E-state index is 11.3. The predicted octanol–water partition coefficient (Wildman–Crippen LogP) is 2.46. The van der Waals surface area contributed by atoms with Gasteiger partial charge in [0.25, 0.3) is 0 Å². The molecule has 126 valence electrons. The van der Waals surface area contributed by atoms with Crippen LogP contribution >= 0.6 is 0 Å². The Morgan fingerprint density at radius 2 is 2.29 bits per heavy atom. The van der Waals surface area contributed by atoms with E-state index in [9.17, 15) is 9.90 Å². The first-order valence-electron chi connectivity index (χ1n) is 7.30. The van der Waals surface area contributed by atoms with Gasteiger partial charge in [0.05, 0.1) is 18.2 Å². The van der Waals surface area contributed by atoms with Crippen LogP contribution in [0.25, 0.3) is 5.52 Å². The quantitative estimate of drug-likeness (QED) is 0.724. The SMILES string of the molecule is C=C/C=C(\C=C)[C@@H](COC)Nc1ncnn2cc(C(=O)O)c(C)c12. The van der Waals surface area contributed by atoms with E-state index in [0.29, 0.717) is 23.5 Å². The van der Waals surface area contributed by atoms with E-state index >= 15 is 0 Å². The van der Waals surface area contributed by atoms with Gasteiger partial charge < -0.3 is 15.2 Å². The van der Waals surface area contributed by atoms with Gasteiger partial charge in [-0.2, -0.15) is 5.10 Å². The number of allylic oxidation sites excluding steroid dienone is 2. The molecule has 0 aromatic carbocycles. The molecule has 1 atom stereocenters. The number of carboxylic acid groups (broad SMARTS) is 1. The standard InChI is InChI=1S/C17H20N4O3/c1-5-7-12(6-2)14(9-24-4)20-16-15-11(3)13(17(22)23)8-21(15)19-10-18-16/h5-8,10,14H,1-2,9H2,3-4H3,(H,22,23)(H,18,19,20)/b12-7+/t14-/m1/s1. The monoisotopic (exact) mass is 328 g/mol. The Hall–Kier alpha value is -2.93. The molecule has 0 aliphatic heterocycles.